The second kappa shape index (κ2) is 7.65. The summed E-state index contributed by atoms with van der Waals surface area (Å²) in [6, 6.07) is -0.00165. The van der Waals surface area contributed by atoms with E-state index in [0.29, 0.717) is 12.8 Å². The fraction of sp³-hybridized carbons (Fsp3) is 0.700. The summed E-state index contributed by atoms with van der Waals surface area (Å²) in [5.41, 5.74) is 3.63. The van der Waals surface area contributed by atoms with E-state index in [0.717, 1.165) is 10.7 Å². The Morgan fingerprint density at radius 2 is 2.35 bits per heavy atom. The van der Waals surface area contributed by atoms with Crippen molar-refractivity contribution >= 4 is 11.3 Å². The third-order valence-corrected chi connectivity index (χ3v) is 3.17. The molecule has 98 valence electrons. The molecule has 0 aliphatic carbocycles. The van der Waals surface area contributed by atoms with Crippen LogP contribution in [0.1, 0.15) is 17.1 Å². The van der Waals surface area contributed by atoms with Crippen molar-refractivity contribution in [1.82, 2.24) is 10.4 Å². The molecule has 1 aromatic rings. The van der Waals surface area contributed by atoms with Crippen LogP contribution in [-0.2, 0) is 11.2 Å². The number of rotatable bonds is 8. The van der Waals surface area contributed by atoms with E-state index in [9.17, 15) is 8.78 Å². The monoisotopic (exact) mass is 265 g/mol. The molecule has 1 heterocycles. The maximum absolute atomic E-state index is 11.8. The lowest BCUT2D eigenvalue weighted by atomic mass is 10.1. The molecule has 7 heteroatoms. The van der Waals surface area contributed by atoms with E-state index in [1.54, 1.807) is 11.3 Å². The highest BCUT2D eigenvalue weighted by Crippen LogP contribution is 2.12. The number of halogens is 2. The van der Waals surface area contributed by atoms with E-state index in [2.05, 4.69) is 10.4 Å². The molecule has 17 heavy (non-hydrogen) atoms. The Morgan fingerprint density at radius 3 is 2.88 bits per heavy atom. The standard InChI is InChI=1S/C10H17F2N3OS/c1-7-6-17-10(14-7)4-8(15-13)2-3-16-5-9(11)12/h6,8-9,15H,2-5,13H2,1H3. The normalized spacial score (nSPS) is 13.2. The van der Waals surface area contributed by atoms with E-state index in [1.807, 2.05) is 12.3 Å². The van der Waals surface area contributed by atoms with Gasteiger partial charge in [0.15, 0.2) is 0 Å². The molecular formula is C10H17F2N3OS. The minimum atomic E-state index is -2.42. The van der Waals surface area contributed by atoms with Gasteiger partial charge in [0.05, 0.1) is 5.01 Å². The Bertz CT molecular complexity index is 322. The highest BCUT2D eigenvalue weighted by Gasteiger charge is 2.11. The van der Waals surface area contributed by atoms with Crippen molar-refractivity contribution in [3.8, 4) is 0 Å². The van der Waals surface area contributed by atoms with Gasteiger partial charge in [-0.2, -0.15) is 0 Å². The molecular weight excluding hydrogens is 248 g/mol. The average molecular weight is 265 g/mol. The van der Waals surface area contributed by atoms with Gasteiger partial charge in [0.1, 0.15) is 6.61 Å². The molecule has 0 spiro atoms. The van der Waals surface area contributed by atoms with Crippen LogP contribution in [0.3, 0.4) is 0 Å². The minimum Gasteiger partial charge on any atom is -0.375 e. The Kier molecular flexibility index (Phi) is 6.49. The lowest BCUT2D eigenvalue weighted by Crippen LogP contribution is -2.37. The van der Waals surface area contributed by atoms with Crippen molar-refractivity contribution in [2.24, 2.45) is 5.84 Å². The number of hydrazine groups is 1. The van der Waals surface area contributed by atoms with E-state index >= 15 is 0 Å². The van der Waals surface area contributed by atoms with Crippen LogP contribution in [0.4, 0.5) is 8.78 Å². The molecule has 0 aliphatic rings. The summed E-state index contributed by atoms with van der Waals surface area (Å²) in [5, 5.41) is 2.95. The number of aryl methyl sites for hydroxylation is 1. The van der Waals surface area contributed by atoms with Gasteiger partial charge in [0.25, 0.3) is 6.43 Å². The number of hydrogen-bond donors (Lipinski definition) is 2. The first-order chi connectivity index (χ1) is 8.11. The third-order valence-electron chi connectivity index (χ3n) is 2.18. The Balaban J connectivity index is 2.24. The molecule has 0 saturated heterocycles. The number of aromatic nitrogens is 1. The molecule has 0 aromatic carbocycles. The van der Waals surface area contributed by atoms with Gasteiger partial charge in [-0.05, 0) is 13.3 Å². The molecule has 3 N–H and O–H groups in total. The van der Waals surface area contributed by atoms with Gasteiger partial charge in [-0.25, -0.2) is 13.8 Å². The van der Waals surface area contributed by atoms with Crippen LogP contribution in [0.2, 0.25) is 0 Å². The van der Waals surface area contributed by atoms with Crippen molar-refractivity contribution in [2.75, 3.05) is 13.2 Å². The van der Waals surface area contributed by atoms with Gasteiger partial charge < -0.3 is 4.74 Å². The predicted molar refractivity (Wildman–Crippen MR) is 63.1 cm³/mol. The Morgan fingerprint density at radius 1 is 1.59 bits per heavy atom. The van der Waals surface area contributed by atoms with Crippen LogP contribution in [0.5, 0.6) is 0 Å². The molecule has 0 fully saturated rings. The largest absolute Gasteiger partial charge is 0.375 e. The molecule has 1 atom stereocenters. The predicted octanol–water partition coefficient (Wildman–Crippen LogP) is 1.50. The fourth-order valence-corrected chi connectivity index (χ4v) is 2.20. The van der Waals surface area contributed by atoms with Crippen molar-refractivity contribution in [2.45, 2.75) is 32.2 Å². The van der Waals surface area contributed by atoms with Crippen LogP contribution in [0, 0.1) is 6.92 Å². The molecule has 0 aliphatic heterocycles. The van der Waals surface area contributed by atoms with Gasteiger partial charge >= 0.3 is 0 Å². The molecule has 0 bridgehead atoms. The highest BCUT2D eigenvalue weighted by atomic mass is 32.1. The van der Waals surface area contributed by atoms with Crippen molar-refractivity contribution in [1.29, 1.82) is 0 Å². The number of alkyl halides is 2. The zero-order valence-electron chi connectivity index (χ0n) is 9.66. The molecule has 4 nitrogen and oxygen atoms in total. The van der Waals surface area contributed by atoms with Crippen LogP contribution < -0.4 is 11.3 Å². The summed E-state index contributed by atoms with van der Waals surface area (Å²) in [6.45, 7) is 1.67. The molecule has 1 rings (SSSR count). The maximum atomic E-state index is 11.8. The SMILES string of the molecule is Cc1csc(CC(CCOCC(F)F)NN)n1. The lowest BCUT2D eigenvalue weighted by Gasteiger charge is -2.14. The summed E-state index contributed by atoms with van der Waals surface area (Å²) >= 11 is 1.57. The number of ether oxygens (including phenoxy) is 1. The number of hydrogen-bond acceptors (Lipinski definition) is 5. The second-order valence-electron chi connectivity index (χ2n) is 3.71. The van der Waals surface area contributed by atoms with Crippen molar-refractivity contribution < 1.29 is 13.5 Å². The smallest absolute Gasteiger partial charge is 0.261 e. The highest BCUT2D eigenvalue weighted by molar-refractivity contribution is 7.09. The number of thiazole rings is 1. The van der Waals surface area contributed by atoms with E-state index in [4.69, 9.17) is 10.6 Å². The van der Waals surface area contributed by atoms with E-state index < -0.39 is 13.0 Å². The summed E-state index contributed by atoms with van der Waals surface area (Å²) in [4.78, 5) is 4.32. The van der Waals surface area contributed by atoms with Crippen molar-refractivity contribution in [3.05, 3.63) is 16.1 Å². The molecule has 1 unspecified atom stereocenters. The Hall–Kier alpha value is -0.630. The minimum absolute atomic E-state index is 0.00165. The Labute approximate surface area is 103 Å². The summed E-state index contributed by atoms with van der Waals surface area (Å²) in [6.07, 6.45) is -1.14. The number of nitrogens with zero attached hydrogens (tertiary/aromatic N) is 1. The van der Waals surface area contributed by atoms with Crippen LogP contribution >= 0.6 is 11.3 Å². The zero-order valence-corrected chi connectivity index (χ0v) is 10.5. The van der Waals surface area contributed by atoms with Gasteiger partial charge in [-0.3, -0.25) is 11.3 Å². The first-order valence-electron chi connectivity index (χ1n) is 5.35. The molecule has 0 radical (unpaired) electrons. The molecule has 1 aromatic heterocycles. The summed E-state index contributed by atoms with van der Waals surface area (Å²) in [7, 11) is 0. The topological polar surface area (TPSA) is 60.2 Å². The quantitative estimate of drug-likeness (QED) is 0.425. The van der Waals surface area contributed by atoms with Crippen LogP contribution in [-0.4, -0.2) is 30.7 Å². The van der Waals surface area contributed by atoms with Crippen LogP contribution in [0.15, 0.2) is 5.38 Å². The number of nitrogens with two attached hydrogens (primary N) is 1. The second-order valence-corrected chi connectivity index (χ2v) is 4.65. The molecule has 0 saturated carbocycles. The first kappa shape index (κ1) is 14.4. The maximum Gasteiger partial charge on any atom is 0.261 e. The lowest BCUT2D eigenvalue weighted by molar-refractivity contribution is 0.0144. The van der Waals surface area contributed by atoms with Crippen LogP contribution in [0.25, 0.3) is 0 Å². The number of nitrogens with one attached hydrogen (secondary N) is 1. The average Bonchev–Trinajstić information content (AvgIpc) is 2.68. The third kappa shape index (κ3) is 6.02. The van der Waals surface area contributed by atoms with Gasteiger partial charge in [0.2, 0.25) is 0 Å². The first-order valence-corrected chi connectivity index (χ1v) is 6.22. The van der Waals surface area contributed by atoms with Gasteiger partial charge in [-0.15, -0.1) is 11.3 Å². The summed E-state index contributed by atoms with van der Waals surface area (Å²) in [5.74, 6) is 5.39. The van der Waals surface area contributed by atoms with E-state index in [-0.39, 0.29) is 12.6 Å². The van der Waals surface area contributed by atoms with Gasteiger partial charge in [0, 0.05) is 30.1 Å². The fourth-order valence-electron chi connectivity index (χ4n) is 1.35. The summed E-state index contributed by atoms with van der Waals surface area (Å²) < 4.78 is 28.4. The van der Waals surface area contributed by atoms with Gasteiger partial charge in [-0.1, -0.05) is 0 Å². The van der Waals surface area contributed by atoms with E-state index in [1.165, 1.54) is 0 Å². The molecule has 0 amide bonds. The van der Waals surface area contributed by atoms with Crippen molar-refractivity contribution in [3.63, 3.8) is 0 Å². The zero-order chi connectivity index (χ0) is 12.7.